The maximum atomic E-state index is 2.28. The molecule has 1 aromatic rings. The molecule has 0 aliphatic heterocycles. The van der Waals surface area contributed by atoms with Gasteiger partial charge in [0.1, 0.15) is 12.5 Å². The first-order valence-electron chi connectivity index (χ1n) is 4.60. The van der Waals surface area contributed by atoms with Crippen LogP contribution in [0.5, 0.6) is 0 Å². The summed E-state index contributed by atoms with van der Waals surface area (Å²) < 4.78 is 0. The molecule has 72 valence electrons. The van der Waals surface area contributed by atoms with Crippen molar-refractivity contribution in [3.05, 3.63) is 29.8 Å². The summed E-state index contributed by atoms with van der Waals surface area (Å²) in [6.45, 7) is 6.83. The van der Waals surface area contributed by atoms with Gasteiger partial charge >= 0.3 is 0 Å². The number of hydrogen-bond donors (Lipinski definition) is 0. The third-order valence-electron chi connectivity index (χ3n) is 2.13. The molecule has 0 atom stereocenters. The van der Waals surface area contributed by atoms with Crippen molar-refractivity contribution in [2.45, 2.75) is 31.1 Å². The first-order valence-corrected chi connectivity index (χ1v) is 6.64. The van der Waals surface area contributed by atoms with Crippen LogP contribution in [0, 0.1) is 0 Å². The fraction of sp³-hybridized carbons (Fsp3) is 0.500. The zero-order valence-electron chi connectivity index (χ0n) is 9.22. The van der Waals surface area contributed by atoms with E-state index in [2.05, 4.69) is 57.5 Å². The van der Waals surface area contributed by atoms with Crippen molar-refractivity contribution in [2.24, 2.45) is 0 Å². The van der Waals surface area contributed by atoms with Crippen LogP contribution >= 0.6 is 0 Å². The molecule has 13 heavy (non-hydrogen) atoms. The molecular weight excluding hydrogens is 176 g/mol. The molecule has 0 amide bonds. The van der Waals surface area contributed by atoms with E-state index in [-0.39, 0.29) is 5.41 Å². The SMILES string of the molecule is C[S+](C)c1ccccc1C(C)(C)C. The molecule has 0 radical (unpaired) electrons. The lowest BCUT2D eigenvalue weighted by molar-refractivity contribution is 0.577. The zero-order chi connectivity index (χ0) is 10.1. The van der Waals surface area contributed by atoms with E-state index in [1.54, 1.807) is 0 Å². The van der Waals surface area contributed by atoms with Gasteiger partial charge in [0, 0.05) is 16.5 Å². The second-order valence-corrected chi connectivity index (χ2v) is 6.64. The Bertz CT molecular complexity index is 281. The molecule has 0 aliphatic carbocycles. The summed E-state index contributed by atoms with van der Waals surface area (Å²) in [5, 5.41) is 0. The third-order valence-corrected chi connectivity index (χ3v) is 3.37. The van der Waals surface area contributed by atoms with Gasteiger partial charge in [-0.15, -0.1) is 0 Å². The molecule has 0 bridgehead atoms. The molecular formula is C12H19S+. The van der Waals surface area contributed by atoms with Gasteiger partial charge < -0.3 is 0 Å². The van der Waals surface area contributed by atoms with Crippen molar-refractivity contribution < 1.29 is 0 Å². The van der Waals surface area contributed by atoms with Crippen LogP contribution in [-0.4, -0.2) is 12.5 Å². The van der Waals surface area contributed by atoms with E-state index in [0.717, 1.165) is 0 Å². The average molecular weight is 195 g/mol. The van der Waals surface area contributed by atoms with Crippen molar-refractivity contribution in [3.63, 3.8) is 0 Å². The second-order valence-electron chi connectivity index (χ2n) is 4.56. The van der Waals surface area contributed by atoms with Crippen molar-refractivity contribution in [2.75, 3.05) is 12.5 Å². The van der Waals surface area contributed by atoms with Gasteiger partial charge in [0.05, 0.1) is 0 Å². The highest BCUT2D eigenvalue weighted by molar-refractivity contribution is 7.95. The summed E-state index contributed by atoms with van der Waals surface area (Å²) in [5.41, 5.74) is 1.76. The number of hydrogen-bond acceptors (Lipinski definition) is 0. The molecule has 0 heterocycles. The molecule has 1 aromatic carbocycles. The predicted molar refractivity (Wildman–Crippen MR) is 62.6 cm³/mol. The van der Waals surface area contributed by atoms with Crippen LogP contribution in [0.25, 0.3) is 0 Å². The zero-order valence-corrected chi connectivity index (χ0v) is 10.0. The Morgan fingerprint density at radius 1 is 1.00 bits per heavy atom. The molecule has 0 aromatic heterocycles. The highest BCUT2D eigenvalue weighted by atomic mass is 32.2. The van der Waals surface area contributed by atoms with Crippen molar-refractivity contribution in [3.8, 4) is 0 Å². The fourth-order valence-electron chi connectivity index (χ4n) is 1.44. The maximum Gasteiger partial charge on any atom is 0.158 e. The minimum Gasteiger partial charge on any atom is -0.0616 e. The van der Waals surface area contributed by atoms with Crippen LogP contribution in [-0.2, 0) is 16.3 Å². The molecule has 0 saturated carbocycles. The summed E-state index contributed by atoms with van der Waals surface area (Å²) in [4.78, 5) is 1.51. The Kier molecular flexibility index (Phi) is 3.07. The Labute approximate surface area is 84.7 Å². The Hall–Kier alpha value is -0.430. The predicted octanol–water partition coefficient (Wildman–Crippen LogP) is 3.22. The Morgan fingerprint density at radius 2 is 1.54 bits per heavy atom. The highest BCUT2D eigenvalue weighted by Gasteiger charge is 2.23. The molecule has 0 nitrogen and oxygen atoms in total. The third kappa shape index (κ3) is 2.50. The van der Waals surface area contributed by atoms with Gasteiger partial charge in [-0.25, -0.2) is 0 Å². The van der Waals surface area contributed by atoms with Crippen LogP contribution in [0.2, 0.25) is 0 Å². The Balaban J connectivity index is 3.20. The van der Waals surface area contributed by atoms with Crippen LogP contribution in [0.15, 0.2) is 29.2 Å². The molecule has 1 heteroatoms. The van der Waals surface area contributed by atoms with Gasteiger partial charge in [-0.05, 0) is 11.5 Å². The van der Waals surface area contributed by atoms with Gasteiger partial charge in [-0.1, -0.05) is 39.0 Å². The number of benzene rings is 1. The van der Waals surface area contributed by atoms with E-state index >= 15 is 0 Å². The number of rotatable bonds is 1. The molecule has 0 aliphatic rings. The largest absolute Gasteiger partial charge is 0.158 e. The van der Waals surface area contributed by atoms with Crippen LogP contribution in [0.1, 0.15) is 26.3 Å². The summed E-state index contributed by atoms with van der Waals surface area (Å²) in [5.74, 6) is 0. The van der Waals surface area contributed by atoms with Crippen LogP contribution in [0.4, 0.5) is 0 Å². The summed E-state index contributed by atoms with van der Waals surface area (Å²) in [7, 11) is 0.363. The van der Waals surface area contributed by atoms with Gasteiger partial charge in [-0.3, -0.25) is 0 Å². The molecule has 0 spiro atoms. The van der Waals surface area contributed by atoms with E-state index in [9.17, 15) is 0 Å². The molecule has 0 unspecified atom stereocenters. The minimum absolute atomic E-state index is 0.272. The Morgan fingerprint density at radius 3 is 1.92 bits per heavy atom. The summed E-state index contributed by atoms with van der Waals surface area (Å²) in [6, 6.07) is 8.78. The van der Waals surface area contributed by atoms with Gasteiger partial charge in [0.2, 0.25) is 0 Å². The minimum atomic E-state index is 0.272. The maximum absolute atomic E-state index is 2.28. The monoisotopic (exact) mass is 195 g/mol. The second kappa shape index (κ2) is 3.75. The van der Waals surface area contributed by atoms with E-state index in [4.69, 9.17) is 0 Å². The van der Waals surface area contributed by atoms with Gasteiger partial charge in [-0.2, -0.15) is 0 Å². The van der Waals surface area contributed by atoms with E-state index in [0.29, 0.717) is 10.9 Å². The lowest BCUT2D eigenvalue weighted by Gasteiger charge is -2.20. The normalized spacial score (nSPS) is 12.2. The van der Waals surface area contributed by atoms with Crippen molar-refractivity contribution in [1.82, 2.24) is 0 Å². The van der Waals surface area contributed by atoms with Crippen molar-refractivity contribution >= 4 is 10.9 Å². The van der Waals surface area contributed by atoms with E-state index in [1.165, 1.54) is 10.5 Å². The molecule has 0 fully saturated rings. The summed E-state index contributed by atoms with van der Waals surface area (Å²) >= 11 is 0. The van der Waals surface area contributed by atoms with Crippen molar-refractivity contribution in [1.29, 1.82) is 0 Å². The lowest BCUT2D eigenvalue weighted by atomic mass is 9.87. The van der Waals surface area contributed by atoms with Gasteiger partial charge in [0.15, 0.2) is 4.90 Å². The average Bonchev–Trinajstić information content (AvgIpc) is 2.03. The fourth-order valence-corrected chi connectivity index (χ4v) is 2.61. The van der Waals surface area contributed by atoms with E-state index in [1.807, 2.05) is 0 Å². The topological polar surface area (TPSA) is 0 Å². The molecule has 0 N–H and O–H groups in total. The van der Waals surface area contributed by atoms with Crippen LogP contribution < -0.4 is 0 Å². The first kappa shape index (κ1) is 10.6. The molecule has 0 saturated heterocycles. The van der Waals surface area contributed by atoms with Gasteiger partial charge in [0.25, 0.3) is 0 Å². The van der Waals surface area contributed by atoms with Crippen LogP contribution in [0.3, 0.4) is 0 Å². The summed E-state index contributed by atoms with van der Waals surface area (Å²) in [6.07, 6.45) is 4.56. The highest BCUT2D eigenvalue weighted by Crippen LogP contribution is 2.28. The standard InChI is InChI=1S/C12H19S/c1-12(2,3)10-8-6-7-9-11(10)13(4)5/h6-9H,1-5H3/q+1. The first-order chi connectivity index (χ1) is 5.93. The lowest BCUT2D eigenvalue weighted by Crippen LogP contribution is -2.15. The van der Waals surface area contributed by atoms with E-state index < -0.39 is 0 Å². The quantitative estimate of drug-likeness (QED) is 0.604. The molecule has 1 rings (SSSR count). The smallest absolute Gasteiger partial charge is 0.0616 e.